The Morgan fingerprint density at radius 2 is 1.65 bits per heavy atom. The summed E-state index contributed by atoms with van der Waals surface area (Å²) in [6.45, 7) is 4.75. The van der Waals surface area contributed by atoms with E-state index in [-0.39, 0.29) is 29.7 Å². The number of hydrogen-bond acceptors (Lipinski definition) is 4. The van der Waals surface area contributed by atoms with Crippen LogP contribution in [0, 0.1) is 5.92 Å². The zero-order valence-electron chi connectivity index (χ0n) is 18.3. The molecule has 0 aromatic heterocycles. The van der Waals surface area contributed by atoms with E-state index in [4.69, 9.17) is 4.74 Å². The molecule has 2 aromatic carbocycles. The number of sulfonamides is 1. The molecule has 0 bridgehead atoms. The van der Waals surface area contributed by atoms with Crippen LogP contribution in [-0.4, -0.2) is 41.6 Å². The number of hydrogen-bond donors (Lipinski definition) is 3. The molecule has 1 unspecified atom stereocenters. The van der Waals surface area contributed by atoms with E-state index < -0.39 is 10.0 Å². The van der Waals surface area contributed by atoms with E-state index in [1.54, 1.807) is 7.05 Å². The predicted octanol–water partition coefficient (Wildman–Crippen LogP) is 2.87. The maximum Gasteiger partial charge on any atom is 0.215 e. The van der Waals surface area contributed by atoms with E-state index in [0.29, 0.717) is 31.6 Å². The third-order valence-electron chi connectivity index (χ3n) is 4.51. The largest absolute Gasteiger partial charge is 0.376 e. The highest BCUT2D eigenvalue weighted by Crippen LogP contribution is 2.08. The van der Waals surface area contributed by atoms with Gasteiger partial charge in [-0.2, -0.15) is 0 Å². The average Bonchev–Trinajstić information content (AvgIpc) is 2.75. The first-order valence-corrected chi connectivity index (χ1v) is 11.6. The van der Waals surface area contributed by atoms with Gasteiger partial charge in [0.25, 0.3) is 0 Å². The van der Waals surface area contributed by atoms with Crippen LogP contribution in [0.2, 0.25) is 0 Å². The molecular weight excluding hydrogens is 527 g/mol. The van der Waals surface area contributed by atoms with Gasteiger partial charge in [0.15, 0.2) is 5.96 Å². The van der Waals surface area contributed by atoms with Crippen LogP contribution < -0.4 is 15.4 Å². The highest BCUT2D eigenvalue weighted by Gasteiger charge is 2.08. The highest BCUT2D eigenvalue weighted by molar-refractivity contribution is 14.0. The summed E-state index contributed by atoms with van der Waals surface area (Å²) in [6.07, 6.45) is 0. The Labute approximate surface area is 203 Å². The first kappa shape index (κ1) is 27.3. The van der Waals surface area contributed by atoms with Crippen molar-refractivity contribution in [1.82, 2.24) is 15.4 Å². The van der Waals surface area contributed by atoms with Crippen molar-refractivity contribution in [2.24, 2.45) is 10.9 Å². The van der Waals surface area contributed by atoms with Gasteiger partial charge in [-0.1, -0.05) is 61.5 Å². The van der Waals surface area contributed by atoms with Crippen LogP contribution in [0.15, 0.2) is 59.6 Å². The van der Waals surface area contributed by atoms with Gasteiger partial charge in [0.2, 0.25) is 10.0 Å². The Hall–Kier alpha value is -1.69. The van der Waals surface area contributed by atoms with Crippen molar-refractivity contribution < 1.29 is 13.2 Å². The molecule has 0 aliphatic rings. The third kappa shape index (κ3) is 10.9. The third-order valence-corrected chi connectivity index (χ3v) is 5.84. The normalized spacial score (nSPS) is 12.7. The summed E-state index contributed by atoms with van der Waals surface area (Å²) in [5, 5.41) is 6.58. The molecule has 0 heterocycles. The number of benzene rings is 2. The van der Waals surface area contributed by atoms with Crippen LogP contribution in [0.25, 0.3) is 0 Å². The summed E-state index contributed by atoms with van der Waals surface area (Å²) in [5.74, 6) is 1.03. The predicted molar refractivity (Wildman–Crippen MR) is 137 cm³/mol. The average molecular weight is 561 g/mol. The molecule has 0 fully saturated rings. The summed E-state index contributed by atoms with van der Waals surface area (Å²) in [6, 6.07) is 17.6. The van der Waals surface area contributed by atoms with Crippen molar-refractivity contribution in [1.29, 1.82) is 0 Å². The number of ether oxygens (including phenoxy) is 1. The molecule has 0 saturated carbocycles. The number of guanidine groups is 1. The van der Waals surface area contributed by atoms with Crippen LogP contribution in [0.1, 0.15) is 23.6 Å². The lowest BCUT2D eigenvalue weighted by Crippen LogP contribution is -2.39. The minimum atomic E-state index is -3.26. The van der Waals surface area contributed by atoms with E-state index in [1.165, 1.54) is 12.6 Å². The fourth-order valence-corrected chi connectivity index (χ4v) is 3.51. The molecule has 7 nitrogen and oxygen atoms in total. The van der Waals surface area contributed by atoms with Gasteiger partial charge in [0.05, 0.1) is 19.0 Å². The van der Waals surface area contributed by atoms with E-state index in [1.807, 2.05) is 42.5 Å². The number of nitrogens with zero attached hydrogens (tertiary/aromatic N) is 1. The highest BCUT2D eigenvalue weighted by atomic mass is 127. The summed E-state index contributed by atoms with van der Waals surface area (Å²) in [7, 11) is -0.105. The van der Waals surface area contributed by atoms with Gasteiger partial charge in [0, 0.05) is 20.1 Å². The van der Waals surface area contributed by atoms with Crippen LogP contribution in [0.4, 0.5) is 0 Å². The monoisotopic (exact) mass is 560 g/mol. The summed E-state index contributed by atoms with van der Waals surface area (Å²) in [4.78, 5) is 4.25. The molecular formula is C22H33IN4O3S. The maximum absolute atomic E-state index is 11.6. The minimum Gasteiger partial charge on any atom is -0.376 e. The van der Waals surface area contributed by atoms with Crippen molar-refractivity contribution in [2.45, 2.75) is 25.8 Å². The molecule has 31 heavy (non-hydrogen) atoms. The number of rotatable bonds is 11. The maximum atomic E-state index is 11.6. The second kappa shape index (κ2) is 14.4. The van der Waals surface area contributed by atoms with Crippen molar-refractivity contribution in [3.05, 3.63) is 71.3 Å². The fourth-order valence-electron chi connectivity index (χ4n) is 2.73. The Balaban J connectivity index is 0.00000480. The van der Waals surface area contributed by atoms with Gasteiger partial charge in [-0.15, -0.1) is 24.0 Å². The first-order valence-electron chi connectivity index (χ1n) is 9.97. The molecule has 3 N–H and O–H groups in total. The summed E-state index contributed by atoms with van der Waals surface area (Å²) in [5.41, 5.74) is 2.97. The molecule has 0 radical (unpaired) electrons. The van der Waals surface area contributed by atoms with Crippen molar-refractivity contribution in [3.8, 4) is 0 Å². The number of aliphatic imine (C=N–C) groups is 1. The fraction of sp³-hybridized carbons (Fsp3) is 0.409. The van der Waals surface area contributed by atoms with Crippen LogP contribution in [-0.2, 0) is 33.7 Å². The molecule has 1 atom stereocenters. The second-order valence-corrected chi connectivity index (χ2v) is 9.12. The Kier molecular flexibility index (Phi) is 12.7. The van der Waals surface area contributed by atoms with Crippen LogP contribution >= 0.6 is 24.0 Å². The molecule has 0 saturated heterocycles. The lowest BCUT2D eigenvalue weighted by Gasteiger charge is -2.16. The topological polar surface area (TPSA) is 91.8 Å². The van der Waals surface area contributed by atoms with Crippen molar-refractivity contribution in [2.75, 3.05) is 27.2 Å². The van der Waals surface area contributed by atoms with Gasteiger partial charge in [0.1, 0.15) is 0 Å². The molecule has 2 rings (SSSR count). The van der Waals surface area contributed by atoms with Gasteiger partial charge >= 0.3 is 0 Å². The van der Waals surface area contributed by atoms with E-state index in [0.717, 1.165) is 17.7 Å². The SMILES string of the molecule is CN=C(NCc1ccc(CS(=O)(=O)NC)cc1)NCC(C)COCc1ccccc1.I. The lowest BCUT2D eigenvalue weighted by molar-refractivity contribution is 0.0931. The van der Waals surface area contributed by atoms with Crippen molar-refractivity contribution >= 4 is 40.0 Å². The standard InChI is InChI=1S/C22H32N4O3S.HI/c1-18(15-29-16-20-7-5-4-6-8-20)13-25-22(23-2)26-14-19-9-11-21(12-10-19)17-30(27,28)24-3;/h4-12,18,24H,13-17H2,1-3H3,(H2,23,25,26);1H. The number of nitrogens with one attached hydrogen (secondary N) is 3. The lowest BCUT2D eigenvalue weighted by atomic mass is 10.1. The minimum absolute atomic E-state index is 0. The molecule has 0 aliphatic carbocycles. The Morgan fingerprint density at radius 1 is 1.00 bits per heavy atom. The van der Waals surface area contributed by atoms with Crippen molar-refractivity contribution in [3.63, 3.8) is 0 Å². The summed E-state index contributed by atoms with van der Waals surface area (Å²) >= 11 is 0. The molecule has 0 spiro atoms. The first-order chi connectivity index (χ1) is 14.4. The zero-order chi connectivity index (χ0) is 21.8. The smallest absolute Gasteiger partial charge is 0.215 e. The Bertz CT molecular complexity index is 891. The van der Waals surface area contributed by atoms with Gasteiger partial charge in [-0.25, -0.2) is 13.1 Å². The van der Waals surface area contributed by atoms with E-state index in [9.17, 15) is 8.42 Å². The van der Waals surface area contributed by atoms with Gasteiger partial charge < -0.3 is 15.4 Å². The summed E-state index contributed by atoms with van der Waals surface area (Å²) < 4.78 is 31.3. The van der Waals surface area contributed by atoms with E-state index in [2.05, 4.69) is 39.4 Å². The van der Waals surface area contributed by atoms with Gasteiger partial charge in [-0.3, -0.25) is 4.99 Å². The van der Waals surface area contributed by atoms with Crippen LogP contribution in [0.3, 0.4) is 0 Å². The number of halogens is 1. The molecule has 172 valence electrons. The van der Waals surface area contributed by atoms with E-state index >= 15 is 0 Å². The van der Waals surface area contributed by atoms with Crippen LogP contribution in [0.5, 0.6) is 0 Å². The molecule has 0 amide bonds. The zero-order valence-corrected chi connectivity index (χ0v) is 21.4. The molecule has 9 heteroatoms. The second-order valence-electron chi connectivity index (χ2n) is 7.19. The molecule has 2 aromatic rings. The molecule has 0 aliphatic heterocycles. The van der Waals surface area contributed by atoms with Gasteiger partial charge in [-0.05, 0) is 29.7 Å². The Morgan fingerprint density at radius 3 is 2.26 bits per heavy atom. The quantitative estimate of drug-likeness (QED) is 0.224.